The van der Waals surface area contributed by atoms with Gasteiger partial charge in [0.2, 0.25) is 17.7 Å². The van der Waals surface area contributed by atoms with Crippen LogP contribution in [0.4, 0.5) is 5.69 Å². The Morgan fingerprint density at radius 1 is 1.10 bits per heavy atom. The zero-order valence-corrected chi connectivity index (χ0v) is 24.5. The Bertz CT molecular complexity index is 1200. The van der Waals surface area contributed by atoms with Gasteiger partial charge in [0.15, 0.2) is 0 Å². The predicted molar refractivity (Wildman–Crippen MR) is 155 cm³/mol. The molecule has 41 heavy (non-hydrogen) atoms. The van der Waals surface area contributed by atoms with Crippen molar-refractivity contribution in [2.75, 3.05) is 44.7 Å². The van der Waals surface area contributed by atoms with Crippen LogP contribution in [0.25, 0.3) is 0 Å². The summed E-state index contributed by atoms with van der Waals surface area (Å²) in [6.45, 7) is 10.9. The fraction of sp³-hybridized carbons (Fsp3) is 0.656. The van der Waals surface area contributed by atoms with Crippen LogP contribution in [-0.4, -0.2) is 90.7 Å². The highest BCUT2D eigenvalue weighted by atomic mass is 16.5. The van der Waals surface area contributed by atoms with Crippen molar-refractivity contribution in [1.82, 2.24) is 15.1 Å². The summed E-state index contributed by atoms with van der Waals surface area (Å²) in [5.41, 5.74) is 0.594. The van der Waals surface area contributed by atoms with Crippen molar-refractivity contribution in [2.24, 2.45) is 23.7 Å². The number of hydrogen-bond acceptors (Lipinski definition) is 6. The Kier molecular flexibility index (Phi) is 7.96. The van der Waals surface area contributed by atoms with Crippen LogP contribution in [0.15, 0.2) is 36.4 Å². The van der Waals surface area contributed by atoms with Gasteiger partial charge in [-0.25, -0.2) is 0 Å². The number of morpholine rings is 1. The van der Waals surface area contributed by atoms with Crippen LogP contribution < -0.4 is 10.6 Å². The molecule has 4 fully saturated rings. The summed E-state index contributed by atoms with van der Waals surface area (Å²) in [4.78, 5) is 46.1. The molecule has 9 nitrogen and oxygen atoms in total. The van der Waals surface area contributed by atoms with E-state index in [2.05, 4.69) is 29.4 Å². The third kappa shape index (κ3) is 5.21. The van der Waals surface area contributed by atoms with Crippen molar-refractivity contribution < 1.29 is 23.9 Å². The molecule has 222 valence electrons. The largest absolute Gasteiger partial charge is 0.379 e. The number of likely N-dealkylation sites (tertiary alicyclic amines) is 1. The number of carbonyl (C=O) groups is 3. The number of nitrogens with one attached hydrogen (secondary N) is 2. The van der Waals surface area contributed by atoms with E-state index in [0.29, 0.717) is 37.3 Å². The third-order valence-electron chi connectivity index (χ3n) is 10.2. The minimum absolute atomic E-state index is 0.0648. The first-order valence-corrected chi connectivity index (χ1v) is 15.4. The molecule has 1 aliphatic carbocycles. The third-order valence-corrected chi connectivity index (χ3v) is 10.2. The summed E-state index contributed by atoms with van der Waals surface area (Å²) in [5, 5.41) is 6.36. The molecule has 4 heterocycles. The van der Waals surface area contributed by atoms with E-state index in [-0.39, 0.29) is 23.8 Å². The molecule has 0 aromatic heterocycles. The first kappa shape index (κ1) is 28.4. The van der Waals surface area contributed by atoms with Crippen LogP contribution in [0.1, 0.15) is 45.1 Å². The maximum atomic E-state index is 14.2. The number of rotatable bonds is 8. The molecule has 3 amide bonds. The number of carbonyl (C=O) groups excluding carboxylic acids is 3. The lowest BCUT2D eigenvalue weighted by molar-refractivity contribution is -0.141. The summed E-state index contributed by atoms with van der Waals surface area (Å²) in [6.07, 6.45) is 7.17. The molecule has 9 heteroatoms. The summed E-state index contributed by atoms with van der Waals surface area (Å²) >= 11 is 0. The number of hydrogen-bond donors (Lipinski definition) is 2. The van der Waals surface area contributed by atoms with Crippen LogP contribution in [0.3, 0.4) is 0 Å². The molecule has 1 aromatic carbocycles. The van der Waals surface area contributed by atoms with Crippen molar-refractivity contribution in [3.05, 3.63) is 42.0 Å². The molecule has 1 spiro atoms. The van der Waals surface area contributed by atoms with Gasteiger partial charge in [0.1, 0.15) is 11.6 Å². The quantitative estimate of drug-likeness (QED) is 0.471. The second kappa shape index (κ2) is 11.5. The smallest absolute Gasteiger partial charge is 0.246 e. The van der Waals surface area contributed by atoms with E-state index < -0.39 is 29.6 Å². The van der Waals surface area contributed by atoms with E-state index in [1.165, 1.54) is 6.42 Å². The van der Waals surface area contributed by atoms with E-state index in [1.807, 2.05) is 43.3 Å². The molecule has 2 bridgehead atoms. The van der Waals surface area contributed by atoms with Crippen molar-refractivity contribution in [1.29, 1.82) is 0 Å². The molecule has 3 saturated heterocycles. The second-order valence-corrected chi connectivity index (χ2v) is 12.8. The van der Waals surface area contributed by atoms with Gasteiger partial charge in [-0.1, -0.05) is 51.0 Å². The molecule has 8 atom stereocenters. The Balaban J connectivity index is 1.25. The fourth-order valence-electron chi connectivity index (χ4n) is 7.79. The lowest BCUT2D eigenvalue weighted by atomic mass is 9.73. The van der Waals surface area contributed by atoms with Crippen molar-refractivity contribution in [3.8, 4) is 0 Å². The van der Waals surface area contributed by atoms with Gasteiger partial charge in [0.05, 0.1) is 31.2 Å². The topological polar surface area (TPSA) is 100 Å². The monoisotopic (exact) mass is 564 g/mol. The molecular weight excluding hydrogens is 520 g/mol. The van der Waals surface area contributed by atoms with Crippen LogP contribution in [0, 0.1) is 30.6 Å². The Hall–Kier alpha value is -2.75. The highest BCUT2D eigenvalue weighted by Crippen LogP contribution is 2.55. The van der Waals surface area contributed by atoms with Crippen LogP contribution >= 0.6 is 0 Å². The number of anilines is 1. The first-order chi connectivity index (χ1) is 19.8. The number of fused-ring (bicyclic) bond motifs is 1. The highest BCUT2D eigenvalue weighted by molar-refractivity contribution is 6.02. The number of ether oxygens (including phenoxy) is 2. The zero-order chi connectivity index (χ0) is 28.7. The van der Waals surface area contributed by atoms with E-state index in [1.54, 1.807) is 4.90 Å². The fourth-order valence-corrected chi connectivity index (χ4v) is 7.79. The Labute approximate surface area is 243 Å². The minimum atomic E-state index is -1.14. The number of nitrogens with zero attached hydrogens (tertiary/aromatic N) is 2. The van der Waals surface area contributed by atoms with Gasteiger partial charge >= 0.3 is 0 Å². The van der Waals surface area contributed by atoms with E-state index in [4.69, 9.17) is 9.47 Å². The van der Waals surface area contributed by atoms with E-state index in [9.17, 15) is 14.4 Å². The summed E-state index contributed by atoms with van der Waals surface area (Å²) in [7, 11) is 0. The second-order valence-electron chi connectivity index (χ2n) is 12.8. The summed E-state index contributed by atoms with van der Waals surface area (Å²) in [5.74, 6) is -1.10. The molecule has 5 aliphatic rings. The lowest BCUT2D eigenvalue weighted by Gasteiger charge is -2.38. The molecule has 2 N–H and O–H groups in total. The Morgan fingerprint density at radius 2 is 1.90 bits per heavy atom. The lowest BCUT2D eigenvalue weighted by Crippen LogP contribution is -2.58. The van der Waals surface area contributed by atoms with Gasteiger partial charge < -0.3 is 25.0 Å². The van der Waals surface area contributed by atoms with Crippen LogP contribution in [0.2, 0.25) is 0 Å². The van der Waals surface area contributed by atoms with Gasteiger partial charge in [-0.05, 0) is 49.3 Å². The van der Waals surface area contributed by atoms with E-state index in [0.717, 1.165) is 44.5 Å². The van der Waals surface area contributed by atoms with Crippen molar-refractivity contribution in [3.63, 3.8) is 0 Å². The minimum Gasteiger partial charge on any atom is -0.379 e. The SMILES string of the molecule is Cc1cccc(NC(=O)[C@@H]2[C@@H]3C=C[C@]4(O3)[C@@H]2C(=O)N(CCCN2CCOCC2)[C@H]4C(=O)N[C@@H]2CCC[C@@H](C)[C@H]2C)c1. The van der Waals surface area contributed by atoms with Crippen molar-refractivity contribution in [2.45, 2.75) is 70.2 Å². The number of aryl methyl sites for hydroxylation is 1. The first-order valence-electron chi connectivity index (χ1n) is 15.4. The van der Waals surface area contributed by atoms with Crippen molar-refractivity contribution >= 4 is 23.4 Å². The summed E-state index contributed by atoms with van der Waals surface area (Å²) < 4.78 is 12.0. The normalized spacial score (nSPS) is 36.4. The molecule has 4 aliphatic heterocycles. The maximum absolute atomic E-state index is 14.2. The zero-order valence-electron chi connectivity index (χ0n) is 24.5. The standard InChI is InChI=1S/C32H44N4O5/c1-20-7-4-9-23(19-20)33-29(37)26-25-11-12-32(41-25)27(26)31(39)36(14-6-13-35-15-17-40-18-16-35)28(32)30(38)34-24-10-5-8-21(2)22(24)3/h4,7,9,11-12,19,21-22,24-28H,5-6,8,10,13-18H2,1-3H3,(H,33,37)(H,34,38)/t21-,22-,24-,25+,26-,27+,28+,32+/m1/s1. The van der Waals surface area contributed by atoms with Crippen LogP contribution in [0.5, 0.6) is 0 Å². The molecule has 0 radical (unpaired) electrons. The average molecular weight is 565 g/mol. The highest BCUT2D eigenvalue weighted by Gasteiger charge is 2.72. The van der Waals surface area contributed by atoms with Gasteiger partial charge in [-0.2, -0.15) is 0 Å². The Morgan fingerprint density at radius 3 is 2.68 bits per heavy atom. The maximum Gasteiger partial charge on any atom is 0.246 e. The molecule has 6 rings (SSSR count). The van der Waals surface area contributed by atoms with E-state index >= 15 is 0 Å². The van der Waals surface area contributed by atoms with Gasteiger partial charge in [0, 0.05) is 37.9 Å². The van der Waals surface area contributed by atoms with Gasteiger partial charge in [-0.15, -0.1) is 0 Å². The van der Waals surface area contributed by atoms with Gasteiger partial charge in [0.25, 0.3) is 0 Å². The molecule has 1 aromatic rings. The molecule has 0 unspecified atom stereocenters. The van der Waals surface area contributed by atoms with Crippen LogP contribution in [-0.2, 0) is 23.9 Å². The molecular formula is C32H44N4O5. The predicted octanol–water partition coefficient (Wildman–Crippen LogP) is 2.75. The number of benzene rings is 1. The summed E-state index contributed by atoms with van der Waals surface area (Å²) in [6, 6.07) is 6.90. The van der Waals surface area contributed by atoms with Gasteiger partial charge in [-0.3, -0.25) is 19.3 Å². The average Bonchev–Trinajstić information content (AvgIpc) is 3.59. The number of amides is 3. The molecule has 1 saturated carbocycles.